The highest BCUT2D eigenvalue weighted by Crippen LogP contribution is 2.32. The van der Waals surface area contributed by atoms with Crippen LogP contribution < -0.4 is 5.43 Å². The number of carboxylic acid groups (broad SMARTS) is 1. The van der Waals surface area contributed by atoms with Crippen molar-refractivity contribution in [3.8, 4) is 11.3 Å². The maximum Gasteiger partial charge on any atom is 0.341 e. The van der Waals surface area contributed by atoms with Gasteiger partial charge < -0.3 is 9.67 Å². The van der Waals surface area contributed by atoms with Crippen molar-refractivity contribution in [1.82, 2.24) is 4.57 Å². The second kappa shape index (κ2) is 4.96. The monoisotopic (exact) mass is 269 g/mol. The summed E-state index contributed by atoms with van der Waals surface area (Å²) >= 11 is 0. The lowest BCUT2D eigenvalue weighted by molar-refractivity contribution is 0.0694. The third-order valence-corrected chi connectivity index (χ3v) is 3.58. The molecule has 2 aromatic rings. The van der Waals surface area contributed by atoms with E-state index in [4.69, 9.17) is 5.11 Å². The third-order valence-electron chi connectivity index (χ3n) is 3.58. The predicted octanol–water partition coefficient (Wildman–Crippen LogP) is 2.62. The first-order chi connectivity index (χ1) is 9.65. The lowest BCUT2D eigenvalue weighted by Crippen LogP contribution is -2.19. The van der Waals surface area contributed by atoms with E-state index in [0.717, 1.165) is 17.8 Å². The Labute approximate surface area is 116 Å². The van der Waals surface area contributed by atoms with Crippen LogP contribution in [0.25, 0.3) is 11.3 Å². The zero-order valence-electron chi connectivity index (χ0n) is 11.0. The number of carbonyl (C=O) groups is 1. The average Bonchev–Trinajstić information content (AvgIpc) is 3.25. The molecule has 1 aromatic heterocycles. The Bertz CT molecular complexity index is 699. The van der Waals surface area contributed by atoms with Crippen molar-refractivity contribution in [2.24, 2.45) is 5.92 Å². The fraction of sp³-hybridized carbons (Fsp3) is 0.250. The summed E-state index contributed by atoms with van der Waals surface area (Å²) < 4.78 is 1.90. The molecular weight excluding hydrogens is 254 g/mol. The Morgan fingerprint density at radius 3 is 2.55 bits per heavy atom. The largest absolute Gasteiger partial charge is 0.477 e. The smallest absolute Gasteiger partial charge is 0.341 e. The second-order valence-electron chi connectivity index (χ2n) is 5.20. The minimum absolute atomic E-state index is 0.162. The van der Waals surface area contributed by atoms with Crippen LogP contribution in [-0.2, 0) is 6.54 Å². The average molecular weight is 269 g/mol. The summed E-state index contributed by atoms with van der Waals surface area (Å²) in [6.45, 7) is 0.769. The molecule has 0 radical (unpaired) electrons. The van der Waals surface area contributed by atoms with Gasteiger partial charge in [0.2, 0.25) is 0 Å². The van der Waals surface area contributed by atoms with Gasteiger partial charge in [0, 0.05) is 18.8 Å². The highest BCUT2D eigenvalue weighted by Gasteiger charge is 2.23. The lowest BCUT2D eigenvalue weighted by Gasteiger charge is -2.14. The molecule has 3 rings (SSSR count). The van der Waals surface area contributed by atoms with Crippen LogP contribution in [0.1, 0.15) is 23.2 Å². The van der Waals surface area contributed by atoms with Gasteiger partial charge in [0.05, 0.1) is 5.69 Å². The third kappa shape index (κ3) is 2.50. The predicted molar refractivity (Wildman–Crippen MR) is 75.8 cm³/mol. The Kier molecular flexibility index (Phi) is 3.14. The summed E-state index contributed by atoms with van der Waals surface area (Å²) in [4.78, 5) is 23.0. The van der Waals surface area contributed by atoms with Gasteiger partial charge in [-0.3, -0.25) is 4.79 Å². The van der Waals surface area contributed by atoms with E-state index in [1.54, 1.807) is 0 Å². The molecule has 0 aliphatic heterocycles. The first-order valence-corrected chi connectivity index (χ1v) is 6.68. The van der Waals surface area contributed by atoms with Gasteiger partial charge in [0.25, 0.3) is 0 Å². The first-order valence-electron chi connectivity index (χ1n) is 6.68. The van der Waals surface area contributed by atoms with Crippen LogP contribution in [0.15, 0.2) is 47.4 Å². The number of aromatic carboxylic acids is 1. The number of hydrogen-bond donors (Lipinski definition) is 1. The van der Waals surface area contributed by atoms with Gasteiger partial charge in [-0.05, 0) is 24.3 Å². The molecule has 1 aliphatic carbocycles. The van der Waals surface area contributed by atoms with Gasteiger partial charge >= 0.3 is 5.97 Å². The molecule has 0 bridgehead atoms. The molecule has 0 atom stereocenters. The normalized spacial score (nSPS) is 14.2. The Morgan fingerprint density at radius 1 is 1.25 bits per heavy atom. The number of aromatic nitrogens is 1. The van der Waals surface area contributed by atoms with Crippen LogP contribution >= 0.6 is 0 Å². The van der Waals surface area contributed by atoms with E-state index in [9.17, 15) is 9.59 Å². The molecule has 1 fully saturated rings. The van der Waals surface area contributed by atoms with Crippen LogP contribution in [0.4, 0.5) is 0 Å². The number of carboxylic acids is 1. The molecule has 102 valence electrons. The van der Waals surface area contributed by atoms with Gasteiger partial charge in [-0.15, -0.1) is 0 Å². The maximum atomic E-state index is 11.9. The number of rotatable bonds is 4. The van der Waals surface area contributed by atoms with E-state index in [-0.39, 0.29) is 5.56 Å². The second-order valence-corrected chi connectivity index (χ2v) is 5.20. The summed E-state index contributed by atoms with van der Waals surface area (Å²) in [5.41, 5.74) is 1.11. The molecule has 0 unspecified atom stereocenters. The molecule has 1 saturated carbocycles. The van der Waals surface area contributed by atoms with E-state index in [0.29, 0.717) is 5.92 Å². The standard InChI is InChI=1S/C16H15NO3/c18-15-8-14(12-4-2-1-3-5-12)17(9-11-6-7-11)10-13(15)16(19)20/h1-5,8,10-11H,6-7,9H2,(H,19,20). The molecule has 4 heteroatoms. The van der Waals surface area contributed by atoms with E-state index >= 15 is 0 Å². The molecule has 1 aromatic carbocycles. The Morgan fingerprint density at radius 2 is 1.95 bits per heavy atom. The summed E-state index contributed by atoms with van der Waals surface area (Å²) in [6, 6.07) is 11.0. The SMILES string of the molecule is O=C(O)c1cn(CC2CC2)c(-c2ccccc2)cc1=O. The van der Waals surface area contributed by atoms with Gasteiger partial charge in [0.1, 0.15) is 5.56 Å². The molecule has 1 N–H and O–H groups in total. The molecule has 1 heterocycles. The Balaban J connectivity index is 2.14. The molecule has 20 heavy (non-hydrogen) atoms. The van der Waals surface area contributed by atoms with Crippen LogP contribution in [0.2, 0.25) is 0 Å². The molecule has 0 amide bonds. The summed E-state index contributed by atoms with van der Waals surface area (Å²) in [6.07, 6.45) is 3.82. The molecule has 1 aliphatic rings. The Hall–Kier alpha value is -2.36. The number of pyridine rings is 1. The van der Waals surface area contributed by atoms with Crippen LogP contribution in [0, 0.1) is 5.92 Å². The topological polar surface area (TPSA) is 59.3 Å². The number of hydrogen-bond acceptors (Lipinski definition) is 2. The minimum atomic E-state index is -1.17. The van der Waals surface area contributed by atoms with Crippen LogP contribution in [-0.4, -0.2) is 15.6 Å². The van der Waals surface area contributed by atoms with Crippen molar-refractivity contribution in [2.75, 3.05) is 0 Å². The molecule has 0 saturated heterocycles. The minimum Gasteiger partial charge on any atom is -0.477 e. The summed E-state index contributed by atoms with van der Waals surface area (Å²) in [7, 11) is 0. The molecule has 4 nitrogen and oxygen atoms in total. The first kappa shape index (κ1) is 12.7. The van der Waals surface area contributed by atoms with Gasteiger partial charge in [0.15, 0.2) is 5.43 Å². The number of benzene rings is 1. The number of nitrogens with zero attached hydrogens (tertiary/aromatic N) is 1. The van der Waals surface area contributed by atoms with Crippen molar-refractivity contribution in [3.05, 3.63) is 58.4 Å². The van der Waals surface area contributed by atoms with E-state index in [2.05, 4.69) is 0 Å². The quantitative estimate of drug-likeness (QED) is 0.928. The molecular formula is C16H15NO3. The summed E-state index contributed by atoms with van der Waals surface area (Å²) in [5, 5.41) is 9.09. The lowest BCUT2D eigenvalue weighted by atomic mass is 10.1. The zero-order valence-corrected chi connectivity index (χ0v) is 11.0. The highest BCUT2D eigenvalue weighted by molar-refractivity contribution is 5.87. The van der Waals surface area contributed by atoms with Crippen molar-refractivity contribution in [1.29, 1.82) is 0 Å². The van der Waals surface area contributed by atoms with Gasteiger partial charge in [-0.1, -0.05) is 30.3 Å². The fourth-order valence-corrected chi connectivity index (χ4v) is 2.32. The maximum absolute atomic E-state index is 11.9. The van der Waals surface area contributed by atoms with E-state index < -0.39 is 11.4 Å². The van der Waals surface area contributed by atoms with Crippen molar-refractivity contribution in [3.63, 3.8) is 0 Å². The van der Waals surface area contributed by atoms with E-state index in [1.807, 2.05) is 34.9 Å². The zero-order chi connectivity index (χ0) is 14.1. The van der Waals surface area contributed by atoms with Crippen LogP contribution in [0.3, 0.4) is 0 Å². The van der Waals surface area contributed by atoms with Gasteiger partial charge in [-0.2, -0.15) is 0 Å². The van der Waals surface area contributed by atoms with Crippen LogP contribution in [0.5, 0.6) is 0 Å². The van der Waals surface area contributed by atoms with Gasteiger partial charge in [-0.25, -0.2) is 4.79 Å². The van der Waals surface area contributed by atoms with Crippen molar-refractivity contribution >= 4 is 5.97 Å². The molecule has 0 spiro atoms. The fourth-order valence-electron chi connectivity index (χ4n) is 2.32. The highest BCUT2D eigenvalue weighted by atomic mass is 16.4. The van der Waals surface area contributed by atoms with Crippen molar-refractivity contribution in [2.45, 2.75) is 19.4 Å². The van der Waals surface area contributed by atoms with Crippen molar-refractivity contribution < 1.29 is 9.90 Å². The summed E-state index contributed by atoms with van der Waals surface area (Å²) in [5.74, 6) is -0.569. The van der Waals surface area contributed by atoms with E-state index in [1.165, 1.54) is 25.1 Å².